The van der Waals surface area contributed by atoms with E-state index < -0.39 is 12.0 Å². The van der Waals surface area contributed by atoms with Gasteiger partial charge in [-0.2, -0.15) is 0 Å². The molecule has 22 heavy (non-hydrogen) atoms. The zero-order valence-corrected chi connectivity index (χ0v) is 13.4. The summed E-state index contributed by atoms with van der Waals surface area (Å²) < 4.78 is 0.829. The highest BCUT2D eigenvalue weighted by Crippen LogP contribution is 2.31. The highest BCUT2D eigenvalue weighted by Gasteiger charge is 2.20. The zero-order chi connectivity index (χ0) is 15.9. The van der Waals surface area contributed by atoms with Crippen LogP contribution in [0.5, 0.6) is 0 Å². The highest BCUT2D eigenvalue weighted by atomic mass is 79.9. The smallest absolute Gasteiger partial charge is 0.248 e. The number of hydrogen-bond donors (Lipinski definition) is 3. The van der Waals surface area contributed by atoms with Gasteiger partial charge in [0.05, 0.1) is 0 Å². The van der Waals surface area contributed by atoms with E-state index in [-0.39, 0.29) is 0 Å². The number of H-pyrrole nitrogens is 1. The van der Waals surface area contributed by atoms with Crippen LogP contribution in [0.3, 0.4) is 0 Å². The minimum atomic E-state index is -0.871. The number of fused-ring (bicyclic) bond motifs is 1. The number of benzene rings is 1. The first-order valence-electron chi connectivity index (χ1n) is 6.69. The molecule has 1 unspecified atom stereocenters. The molecule has 0 aliphatic heterocycles. The lowest BCUT2D eigenvalue weighted by atomic mass is 9.94. The Morgan fingerprint density at radius 2 is 2.18 bits per heavy atom. The molecule has 0 aliphatic carbocycles. The average molecular weight is 360 g/mol. The number of nitrogens with two attached hydrogens (primary N) is 1. The van der Waals surface area contributed by atoms with Crippen LogP contribution in [-0.2, 0) is 0 Å². The van der Waals surface area contributed by atoms with Crippen LogP contribution in [0.4, 0.5) is 0 Å². The fraction of sp³-hybridized carbons (Fsp3) is 0.125. The molecule has 2 heterocycles. The molecule has 1 aromatic carbocycles. The summed E-state index contributed by atoms with van der Waals surface area (Å²) in [5.74, 6) is -0.505. The summed E-state index contributed by atoms with van der Waals surface area (Å²) >= 11 is 3.38. The third-order valence-corrected chi connectivity index (χ3v) is 4.19. The minimum Gasteiger partial charge on any atom is -0.384 e. The number of aromatic amines is 1. The third-order valence-electron chi connectivity index (χ3n) is 3.76. The fourth-order valence-electron chi connectivity index (χ4n) is 2.61. The van der Waals surface area contributed by atoms with Crippen molar-refractivity contribution < 1.29 is 9.90 Å². The number of carbonyl (C=O) groups is 1. The maximum Gasteiger partial charge on any atom is 0.248 e. The monoisotopic (exact) mass is 359 g/mol. The number of primary amides is 1. The molecule has 3 aromatic rings. The molecule has 0 saturated carbocycles. The van der Waals surface area contributed by atoms with Crippen molar-refractivity contribution in [1.29, 1.82) is 0 Å². The van der Waals surface area contributed by atoms with Gasteiger partial charge in [0.1, 0.15) is 11.8 Å². The van der Waals surface area contributed by atoms with Crippen molar-refractivity contribution in [2.24, 2.45) is 5.73 Å². The van der Waals surface area contributed by atoms with E-state index in [0.717, 1.165) is 9.86 Å². The molecule has 1 amide bonds. The largest absolute Gasteiger partial charge is 0.384 e. The quantitative estimate of drug-likeness (QED) is 0.671. The normalized spacial score (nSPS) is 12.5. The van der Waals surface area contributed by atoms with Crippen LogP contribution >= 0.6 is 15.9 Å². The van der Waals surface area contributed by atoms with Crippen LogP contribution in [-0.4, -0.2) is 21.0 Å². The fourth-order valence-corrected chi connectivity index (χ4v) is 2.94. The Kier molecular flexibility index (Phi) is 3.72. The second-order valence-electron chi connectivity index (χ2n) is 5.08. The summed E-state index contributed by atoms with van der Waals surface area (Å²) in [6.07, 6.45) is 2.54. The van der Waals surface area contributed by atoms with Crippen molar-refractivity contribution >= 4 is 32.9 Å². The maximum atomic E-state index is 11.5. The Morgan fingerprint density at radius 1 is 1.41 bits per heavy atom. The summed E-state index contributed by atoms with van der Waals surface area (Å²) in [5, 5.41) is 11.6. The molecule has 3 rings (SSSR count). The zero-order valence-electron chi connectivity index (χ0n) is 11.8. The van der Waals surface area contributed by atoms with Crippen LogP contribution in [0, 0.1) is 6.92 Å². The second kappa shape index (κ2) is 5.55. The van der Waals surface area contributed by atoms with Crippen molar-refractivity contribution in [2.75, 3.05) is 0 Å². The van der Waals surface area contributed by atoms with Crippen LogP contribution in [0.25, 0.3) is 11.0 Å². The van der Waals surface area contributed by atoms with Gasteiger partial charge < -0.3 is 15.8 Å². The number of carbonyl (C=O) groups excluding carboxylic acids is 1. The van der Waals surface area contributed by atoms with E-state index >= 15 is 0 Å². The molecule has 0 saturated heterocycles. The van der Waals surface area contributed by atoms with Gasteiger partial charge in [-0.1, -0.05) is 12.1 Å². The number of nitrogens with one attached hydrogen (secondary N) is 1. The van der Waals surface area contributed by atoms with E-state index in [1.54, 1.807) is 37.5 Å². The number of hydrogen-bond acceptors (Lipinski definition) is 3. The molecular formula is C16H14BrN3O2. The lowest BCUT2D eigenvalue weighted by Crippen LogP contribution is -2.14. The van der Waals surface area contributed by atoms with Gasteiger partial charge in [-0.25, -0.2) is 4.98 Å². The molecule has 1 atom stereocenters. The Balaban J connectivity index is 2.14. The van der Waals surface area contributed by atoms with Gasteiger partial charge in [0.25, 0.3) is 0 Å². The first-order chi connectivity index (χ1) is 10.5. The molecule has 0 fully saturated rings. The van der Waals surface area contributed by atoms with Gasteiger partial charge in [0.15, 0.2) is 0 Å². The van der Waals surface area contributed by atoms with Crippen molar-refractivity contribution in [1.82, 2.24) is 9.97 Å². The molecule has 0 radical (unpaired) electrons. The molecule has 0 aliphatic rings. The number of rotatable bonds is 3. The summed E-state index contributed by atoms with van der Waals surface area (Å²) in [5.41, 5.74) is 8.51. The highest BCUT2D eigenvalue weighted by molar-refractivity contribution is 9.10. The van der Waals surface area contributed by atoms with E-state index in [0.29, 0.717) is 27.9 Å². The molecule has 4 N–H and O–H groups in total. The standard InChI is InChI=1S/C16H14BrN3O2/c1-8-10(3-2-4-11(8)15(18)22)14(21)13-7-20-16-12(13)5-9(17)6-19-16/h2-7,14,21H,1H3,(H2,18,22)(H,19,20). The molecule has 5 nitrogen and oxygen atoms in total. The van der Waals surface area contributed by atoms with E-state index in [1.165, 1.54) is 0 Å². The average Bonchev–Trinajstić information content (AvgIpc) is 2.89. The van der Waals surface area contributed by atoms with Gasteiger partial charge >= 0.3 is 0 Å². The summed E-state index contributed by atoms with van der Waals surface area (Å²) in [7, 11) is 0. The van der Waals surface area contributed by atoms with Gasteiger partial charge in [0.2, 0.25) is 5.91 Å². The van der Waals surface area contributed by atoms with Crippen LogP contribution in [0.15, 0.2) is 41.1 Å². The summed E-state index contributed by atoms with van der Waals surface area (Å²) in [4.78, 5) is 18.8. The number of pyridine rings is 1. The van der Waals surface area contributed by atoms with Crippen molar-refractivity contribution in [3.8, 4) is 0 Å². The van der Waals surface area contributed by atoms with E-state index in [4.69, 9.17) is 5.73 Å². The SMILES string of the molecule is Cc1c(C(N)=O)cccc1C(O)c1c[nH]c2ncc(Br)cc12. The molecular weight excluding hydrogens is 346 g/mol. The topological polar surface area (TPSA) is 92.0 Å². The number of nitrogens with zero attached hydrogens (tertiary/aromatic N) is 1. The van der Waals surface area contributed by atoms with E-state index in [1.807, 2.05) is 6.07 Å². The predicted octanol–water partition coefficient (Wildman–Crippen LogP) is 2.81. The van der Waals surface area contributed by atoms with E-state index in [9.17, 15) is 9.90 Å². The van der Waals surface area contributed by atoms with Crippen molar-refractivity contribution in [3.05, 3.63) is 63.4 Å². The lowest BCUT2D eigenvalue weighted by molar-refractivity contribution is 0.0999. The first kappa shape index (κ1) is 14.7. The number of aliphatic hydroxyl groups excluding tert-OH is 1. The second-order valence-corrected chi connectivity index (χ2v) is 6.00. The van der Waals surface area contributed by atoms with Gasteiger partial charge in [-0.15, -0.1) is 0 Å². The number of halogens is 1. The van der Waals surface area contributed by atoms with Gasteiger partial charge in [-0.05, 0) is 46.1 Å². The van der Waals surface area contributed by atoms with Crippen molar-refractivity contribution in [3.63, 3.8) is 0 Å². The summed E-state index contributed by atoms with van der Waals surface area (Å²) in [6, 6.07) is 7.05. The predicted molar refractivity (Wildman–Crippen MR) is 87.6 cm³/mol. The molecule has 2 aromatic heterocycles. The van der Waals surface area contributed by atoms with E-state index in [2.05, 4.69) is 25.9 Å². The minimum absolute atomic E-state index is 0.413. The molecule has 112 valence electrons. The maximum absolute atomic E-state index is 11.5. The Bertz CT molecular complexity index is 873. The Morgan fingerprint density at radius 3 is 2.91 bits per heavy atom. The molecule has 6 heteroatoms. The van der Waals surface area contributed by atoms with Crippen LogP contribution < -0.4 is 5.73 Å². The Labute approximate surface area is 135 Å². The van der Waals surface area contributed by atoms with Crippen LogP contribution in [0.1, 0.15) is 33.2 Å². The van der Waals surface area contributed by atoms with Crippen LogP contribution in [0.2, 0.25) is 0 Å². The first-order valence-corrected chi connectivity index (χ1v) is 7.48. The lowest BCUT2D eigenvalue weighted by Gasteiger charge is -2.15. The van der Waals surface area contributed by atoms with Gasteiger partial charge in [0, 0.05) is 33.4 Å². The third kappa shape index (κ3) is 2.40. The van der Waals surface area contributed by atoms with Crippen molar-refractivity contribution in [2.45, 2.75) is 13.0 Å². The molecule has 0 spiro atoms. The number of aliphatic hydroxyl groups is 1. The van der Waals surface area contributed by atoms with Gasteiger partial charge in [-0.3, -0.25) is 4.79 Å². The molecule has 0 bridgehead atoms. The number of amides is 1. The number of aromatic nitrogens is 2. The summed E-state index contributed by atoms with van der Waals surface area (Å²) in [6.45, 7) is 1.78. The Hall–Kier alpha value is -2.18.